The Morgan fingerprint density at radius 2 is 2.00 bits per heavy atom. The summed E-state index contributed by atoms with van der Waals surface area (Å²) in [5.41, 5.74) is 6.21. The SMILES string of the molecule is CC(C=CC1=C(C)C(n2ccnc2)CCC1(C)C)=CC=CC(C)=CC(=O)NC1C=Nc2c1ncn(C)c2=S. The number of aliphatic imine (C=N–C) groups is 1. The number of allylic oxidation sites excluding steroid dienone is 9. The molecule has 2 aromatic rings. The Kier molecular flexibility index (Phi) is 8.21. The number of nitrogens with zero attached hydrogens (tertiary/aromatic N) is 5. The third-order valence-corrected chi connectivity index (χ3v) is 7.73. The average molecular weight is 529 g/mol. The summed E-state index contributed by atoms with van der Waals surface area (Å²) in [6.07, 6.45) is 23.3. The molecule has 8 heteroatoms. The molecular formula is C30H36N6OS. The van der Waals surface area contributed by atoms with E-state index in [1.165, 1.54) is 11.1 Å². The number of carbonyl (C=O) groups excluding carboxylic acids is 1. The largest absolute Gasteiger partial charge is 0.339 e. The molecule has 0 aromatic carbocycles. The van der Waals surface area contributed by atoms with E-state index in [0.717, 1.165) is 24.0 Å². The lowest BCUT2D eigenvalue weighted by molar-refractivity contribution is -0.116. The van der Waals surface area contributed by atoms with Crippen molar-refractivity contribution in [3.8, 4) is 0 Å². The summed E-state index contributed by atoms with van der Waals surface area (Å²) < 4.78 is 4.55. The Labute approximate surface area is 230 Å². The summed E-state index contributed by atoms with van der Waals surface area (Å²) in [5, 5.41) is 2.94. The summed E-state index contributed by atoms with van der Waals surface area (Å²) in [6.45, 7) is 10.9. The molecular weight excluding hydrogens is 492 g/mol. The van der Waals surface area contributed by atoms with Crippen molar-refractivity contribution >= 4 is 30.0 Å². The van der Waals surface area contributed by atoms with Gasteiger partial charge in [0.1, 0.15) is 16.4 Å². The first-order valence-electron chi connectivity index (χ1n) is 12.9. The van der Waals surface area contributed by atoms with Crippen LogP contribution in [0.1, 0.15) is 65.2 Å². The predicted molar refractivity (Wildman–Crippen MR) is 156 cm³/mol. The van der Waals surface area contributed by atoms with Gasteiger partial charge in [-0.1, -0.05) is 62.0 Å². The van der Waals surface area contributed by atoms with Crippen molar-refractivity contribution < 1.29 is 4.79 Å². The third-order valence-electron chi connectivity index (χ3n) is 7.25. The fraction of sp³-hybridized carbons (Fsp3) is 0.367. The number of hydrogen-bond donors (Lipinski definition) is 1. The van der Waals surface area contributed by atoms with Gasteiger partial charge in [-0.05, 0) is 55.7 Å². The predicted octanol–water partition coefficient (Wildman–Crippen LogP) is 6.60. The van der Waals surface area contributed by atoms with Crippen LogP contribution in [-0.2, 0) is 11.8 Å². The monoisotopic (exact) mass is 528 g/mol. The van der Waals surface area contributed by atoms with Crippen molar-refractivity contribution in [3.63, 3.8) is 0 Å². The molecule has 4 rings (SSSR count). The number of nitrogens with one attached hydrogen (secondary N) is 1. The Morgan fingerprint density at radius 3 is 2.74 bits per heavy atom. The summed E-state index contributed by atoms with van der Waals surface area (Å²) >= 11 is 5.38. The highest BCUT2D eigenvalue weighted by molar-refractivity contribution is 7.71. The van der Waals surface area contributed by atoms with Gasteiger partial charge in [-0.2, -0.15) is 0 Å². The highest BCUT2D eigenvalue weighted by atomic mass is 32.1. The normalized spacial score (nSPS) is 21.5. The van der Waals surface area contributed by atoms with Crippen molar-refractivity contribution in [2.75, 3.05) is 0 Å². The zero-order chi connectivity index (χ0) is 27.4. The smallest absolute Gasteiger partial charge is 0.245 e. The fourth-order valence-corrected chi connectivity index (χ4v) is 5.23. The van der Waals surface area contributed by atoms with E-state index >= 15 is 0 Å². The molecule has 3 heterocycles. The molecule has 198 valence electrons. The fourth-order valence-electron chi connectivity index (χ4n) is 5.03. The van der Waals surface area contributed by atoms with Crippen LogP contribution in [0.5, 0.6) is 0 Å². The van der Waals surface area contributed by atoms with Crippen molar-refractivity contribution in [3.05, 3.63) is 94.1 Å². The summed E-state index contributed by atoms with van der Waals surface area (Å²) in [4.78, 5) is 25.5. The van der Waals surface area contributed by atoms with Gasteiger partial charge in [0.2, 0.25) is 5.91 Å². The van der Waals surface area contributed by atoms with Crippen molar-refractivity contribution in [1.82, 2.24) is 24.4 Å². The Balaban J connectivity index is 1.39. The van der Waals surface area contributed by atoms with Gasteiger partial charge in [-0.15, -0.1) is 0 Å². The van der Waals surface area contributed by atoms with Crippen LogP contribution in [0.4, 0.5) is 5.69 Å². The molecule has 2 aromatic heterocycles. The Morgan fingerprint density at radius 1 is 1.21 bits per heavy atom. The van der Waals surface area contributed by atoms with Gasteiger partial charge >= 0.3 is 0 Å². The van der Waals surface area contributed by atoms with Gasteiger partial charge in [-0.3, -0.25) is 9.79 Å². The number of aromatic nitrogens is 4. The number of hydrogen-bond acceptors (Lipinski definition) is 5. The van der Waals surface area contributed by atoms with Crippen LogP contribution in [-0.4, -0.2) is 31.2 Å². The van der Waals surface area contributed by atoms with Crippen LogP contribution < -0.4 is 5.32 Å². The van der Waals surface area contributed by atoms with Crippen LogP contribution in [0.15, 0.2) is 88.8 Å². The number of fused-ring (bicyclic) bond motifs is 1. The first kappa shape index (κ1) is 27.4. The minimum atomic E-state index is -0.379. The van der Waals surface area contributed by atoms with Crippen molar-refractivity contribution in [2.45, 2.75) is 59.5 Å². The molecule has 1 N–H and O–H groups in total. The van der Waals surface area contributed by atoms with Crippen LogP contribution in [0.2, 0.25) is 0 Å². The molecule has 0 radical (unpaired) electrons. The van der Waals surface area contributed by atoms with E-state index < -0.39 is 0 Å². The van der Waals surface area contributed by atoms with Gasteiger partial charge in [0.25, 0.3) is 0 Å². The molecule has 2 unspecified atom stereocenters. The molecule has 2 atom stereocenters. The number of aryl methyl sites for hydroxylation is 1. The second kappa shape index (κ2) is 11.4. The van der Waals surface area contributed by atoms with Crippen LogP contribution >= 0.6 is 12.2 Å². The zero-order valence-corrected chi connectivity index (χ0v) is 23.8. The van der Waals surface area contributed by atoms with Gasteiger partial charge in [0.15, 0.2) is 0 Å². The standard InChI is InChI=1S/C30H36N6OS/c1-20(10-11-23-22(3)25(12-13-30(23,4)5)36-15-14-31-18-36)8-7-9-21(2)16-26(37)34-24-17-32-28-27(24)33-19-35(6)29(28)38/h7-11,14-19,24-25H,12-13H2,1-6H3,(H,34,37). The minimum Gasteiger partial charge on any atom is -0.339 e. The van der Waals surface area contributed by atoms with Crippen LogP contribution in [0.25, 0.3) is 0 Å². The van der Waals surface area contributed by atoms with E-state index in [1.54, 1.807) is 23.2 Å². The molecule has 1 amide bonds. The Hall–Kier alpha value is -3.65. The summed E-state index contributed by atoms with van der Waals surface area (Å²) in [5.74, 6) is -0.201. The summed E-state index contributed by atoms with van der Waals surface area (Å²) in [6, 6.07) is -0.0228. The zero-order valence-electron chi connectivity index (χ0n) is 23.0. The lowest BCUT2D eigenvalue weighted by Gasteiger charge is -2.37. The second-order valence-corrected chi connectivity index (χ2v) is 11.1. The molecule has 0 saturated heterocycles. The summed E-state index contributed by atoms with van der Waals surface area (Å²) in [7, 11) is 1.83. The Bertz CT molecular complexity index is 1450. The van der Waals surface area contributed by atoms with E-state index in [2.05, 4.69) is 70.8 Å². The van der Waals surface area contributed by atoms with Crippen LogP contribution in [0, 0.1) is 10.1 Å². The lowest BCUT2D eigenvalue weighted by Crippen LogP contribution is -2.27. The maximum absolute atomic E-state index is 12.6. The van der Waals surface area contributed by atoms with E-state index in [-0.39, 0.29) is 17.4 Å². The molecule has 1 aliphatic carbocycles. The first-order valence-corrected chi connectivity index (χ1v) is 13.3. The van der Waals surface area contributed by atoms with E-state index in [9.17, 15) is 4.79 Å². The van der Waals surface area contributed by atoms with Crippen molar-refractivity contribution in [1.29, 1.82) is 0 Å². The number of rotatable bonds is 7. The maximum Gasteiger partial charge on any atom is 0.245 e. The first-order chi connectivity index (χ1) is 18.1. The maximum atomic E-state index is 12.6. The second-order valence-electron chi connectivity index (χ2n) is 10.7. The van der Waals surface area contributed by atoms with Gasteiger partial charge in [0.05, 0.1) is 24.4 Å². The molecule has 0 fully saturated rings. The number of carbonyl (C=O) groups is 1. The number of amides is 1. The van der Waals surface area contributed by atoms with Crippen LogP contribution in [0.3, 0.4) is 0 Å². The minimum absolute atomic E-state index is 0.130. The van der Waals surface area contributed by atoms with E-state index in [4.69, 9.17) is 12.2 Å². The van der Waals surface area contributed by atoms with Crippen molar-refractivity contribution in [2.24, 2.45) is 17.5 Å². The van der Waals surface area contributed by atoms with Gasteiger partial charge < -0.3 is 14.5 Å². The molecule has 7 nitrogen and oxygen atoms in total. The topological polar surface area (TPSA) is 77.1 Å². The van der Waals surface area contributed by atoms with Gasteiger partial charge in [-0.25, -0.2) is 9.97 Å². The molecule has 2 aliphatic rings. The number of imidazole rings is 1. The van der Waals surface area contributed by atoms with Gasteiger partial charge in [0, 0.05) is 31.7 Å². The molecule has 0 bridgehead atoms. The molecule has 1 aliphatic heterocycles. The molecule has 0 saturated carbocycles. The molecule has 0 spiro atoms. The lowest BCUT2D eigenvalue weighted by atomic mass is 9.71. The van der Waals surface area contributed by atoms with E-state index in [0.29, 0.717) is 22.1 Å². The highest BCUT2D eigenvalue weighted by Gasteiger charge is 2.32. The quantitative estimate of drug-likeness (QED) is 0.249. The third kappa shape index (κ3) is 6.07. The highest BCUT2D eigenvalue weighted by Crippen LogP contribution is 2.45. The van der Waals surface area contributed by atoms with E-state index in [1.807, 2.05) is 44.8 Å². The average Bonchev–Trinajstić information content (AvgIpc) is 3.52. The molecule has 38 heavy (non-hydrogen) atoms.